The first-order valence-electron chi connectivity index (χ1n) is 8.89. The SMILES string of the molecule is Fc1cccc(CN2CCC3(C2)Cn2c(-c4ccsc4)cnc2CO3)c1. The standard InChI is InChI=1S/C20H20FN3OS/c21-17-3-1-2-15(8-17)10-23-6-5-20(13-23)14-24-18(16-4-7-26-12-16)9-22-19(24)11-25-20/h1-4,7-9,12H,5-6,10-11,13-14H2. The highest BCUT2D eigenvalue weighted by molar-refractivity contribution is 7.08. The third-order valence-electron chi connectivity index (χ3n) is 5.40. The molecule has 0 N–H and O–H groups in total. The number of aromatic nitrogens is 2. The first-order chi connectivity index (χ1) is 12.7. The maximum Gasteiger partial charge on any atom is 0.135 e. The van der Waals surface area contributed by atoms with Crippen LogP contribution in [0.1, 0.15) is 17.8 Å². The Balaban J connectivity index is 1.35. The van der Waals surface area contributed by atoms with Gasteiger partial charge in [0.05, 0.1) is 18.4 Å². The van der Waals surface area contributed by atoms with E-state index in [1.54, 1.807) is 23.5 Å². The number of imidazole rings is 1. The summed E-state index contributed by atoms with van der Waals surface area (Å²) in [6, 6.07) is 9.01. The molecule has 2 aromatic heterocycles. The fourth-order valence-electron chi connectivity index (χ4n) is 4.10. The summed E-state index contributed by atoms with van der Waals surface area (Å²) < 4.78 is 22.0. The molecule has 1 aromatic carbocycles. The largest absolute Gasteiger partial charge is 0.364 e. The Bertz CT molecular complexity index is 923. The molecule has 1 atom stereocenters. The number of benzene rings is 1. The van der Waals surface area contributed by atoms with Gasteiger partial charge in [-0.05, 0) is 35.6 Å². The molecule has 0 aliphatic carbocycles. The van der Waals surface area contributed by atoms with Crippen LogP contribution in [0.5, 0.6) is 0 Å². The second-order valence-corrected chi connectivity index (χ2v) is 8.00. The van der Waals surface area contributed by atoms with Crippen molar-refractivity contribution in [2.75, 3.05) is 13.1 Å². The molecule has 1 unspecified atom stereocenters. The van der Waals surface area contributed by atoms with E-state index < -0.39 is 0 Å². The molecule has 0 amide bonds. The predicted octanol–water partition coefficient (Wildman–Crippen LogP) is 3.93. The van der Waals surface area contributed by atoms with Gasteiger partial charge in [-0.15, -0.1) is 0 Å². The van der Waals surface area contributed by atoms with Gasteiger partial charge in [-0.2, -0.15) is 11.3 Å². The van der Waals surface area contributed by atoms with E-state index in [2.05, 4.69) is 31.3 Å². The molecule has 134 valence electrons. The highest BCUT2D eigenvalue weighted by atomic mass is 32.1. The Morgan fingerprint density at radius 3 is 3.08 bits per heavy atom. The highest BCUT2D eigenvalue weighted by Crippen LogP contribution is 2.36. The minimum absolute atomic E-state index is 0.172. The van der Waals surface area contributed by atoms with Crippen LogP contribution in [-0.2, 0) is 24.4 Å². The van der Waals surface area contributed by atoms with Crippen molar-refractivity contribution in [1.82, 2.24) is 14.5 Å². The van der Waals surface area contributed by atoms with Gasteiger partial charge in [0.1, 0.15) is 23.8 Å². The summed E-state index contributed by atoms with van der Waals surface area (Å²) in [6.07, 6.45) is 2.95. The molecule has 0 radical (unpaired) electrons. The molecule has 4 heterocycles. The summed E-state index contributed by atoms with van der Waals surface area (Å²) in [4.78, 5) is 6.91. The lowest BCUT2D eigenvalue weighted by Crippen LogP contribution is -2.44. The summed E-state index contributed by atoms with van der Waals surface area (Å²) >= 11 is 1.70. The van der Waals surface area contributed by atoms with Gasteiger partial charge in [-0.1, -0.05) is 12.1 Å². The molecule has 26 heavy (non-hydrogen) atoms. The lowest BCUT2D eigenvalue weighted by molar-refractivity contribution is -0.0821. The second-order valence-electron chi connectivity index (χ2n) is 7.22. The highest BCUT2D eigenvalue weighted by Gasteiger charge is 2.43. The van der Waals surface area contributed by atoms with Gasteiger partial charge in [0, 0.05) is 30.6 Å². The normalized spacial score (nSPS) is 22.8. The summed E-state index contributed by atoms with van der Waals surface area (Å²) in [7, 11) is 0. The van der Waals surface area contributed by atoms with Gasteiger partial charge in [-0.25, -0.2) is 9.37 Å². The van der Waals surface area contributed by atoms with Crippen LogP contribution in [0, 0.1) is 5.82 Å². The van der Waals surface area contributed by atoms with E-state index in [9.17, 15) is 4.39 Å². The van der Waals surface area contributed by atoms with Crippen LogP contribution < -0.4 is 0 Å². The van der Waals surface area contributed by atoms with Gasteiger partial charge >= 0.3 is 0 Å². The molecule has 1 fully saturated rings. The molecular formula is C20H20FN3OS. The average Bonchev–Trinajstić information content (AvgIpc) is 3.35. The Hall–Kier alpha value is -2.02. The Morgan fingerprint density at radius 1 is 1.27 bits per heavy atom. The van der Waals surface area contributed by atoms with Crippen LogP contribution >= 0.6 is 11.3 Å². The van der Waals surface area contributed by atoms with E-state index >= 15 is 0 Å². The molecule has 0 bridgehead atoms. The monoisotopic (exact) mass is 369 g/mol. The minimum atomic E-state index is -0.175. The quantitative estimate of drug-likeness (QED) is 0.701. The lowest BCUT2D eigenvalue weighted by Gasteiger charge is -2.35. The van der Waals surface area contributed by atoms with Gasteiger partial charge in [0.25, 0.3) is 0 Å². The molecule has 5 rings (SSSR count). The predicted molar refractivity (Wildman–Crippen MR) is 99.4 cm³/mol. The summed E-state index contributed by atoms with van der Waals surface area (Å²) in [5.74, 6) is 0.828. The number of fused-ring (bicyclic) bond motifs is 1. The number of thiophene rings is 1. The van der Waals surface area contributed by atoms with Crippen LogP contribution in [0.3, 0.4) is 0 Å². The van der Waals surface area contributed by atoms with E-state index in [0.717, 1.165) is 44.0 Å². The van der Waals surface area contributed by atoms with Gasteiger partial charge < -0.3 is 9.30 Å². The van der Waals surface area contributed by atoms with Crippen LogP contribution in [0.4, 0.5) is 4.39 Å². The van der Waals surface area contributed by atoms with Crippen molar-refractivity contribution in [1.29, 1.82) is 0 Å². The Labute approximate surface area is 155 Å². The molecular weight excluding hydrogens is 349 g/mol. The van der Waals surface area contributed by atoms with E-state index in [1.165, 1.54) is 17.3 Å². The van der Waals surface area contributed by atoms with Crippen molar-refractivity contribution in [3.63, 3.8) is 0 Å². The molecule has 6 heteroatoms. The average molecular weight is 369 g/mol. The van der Waals surface area contributed by atoms with Crippen LogP contribution in [0.15, 0.2) is 47.3 Å². The van der Waals surface area contributed by atoms with Crippen molar-refractivity contribution < 1.29 is 9.13 Å². The third kappa shape index (κ3) is 2.88. The Morgan fingerprint density at radius 2 is 2.23 bits per heavy atom. The van der Waals surface area contributed by atoms with Crippen LogP contribution in [-0.4, -0.2) is 33.1 Å². The van der Waals surface area contributed by atoms with Crippen molar-refractivity contribution in [3.05, 3.63) is 64.5 Å². The maximum absolute atomic E-state index is 13.4. The molecule has 4 nitrogen and oxygen atoms in total. The van der Waals surface area contributed by atoms with E-state index in [1.807, 2.05) is 12.3 Å². The van der Waals surface area contributed by atoms with Gasteiger partial charge in [0.2, 0.25) is 0 Å². The Kier molecular flexibility index (Phi) is 3.92. The number of hydrogen-bond acceptors (Lipinski definition) is 4. The first-order valence-corrected chi connectivity index (χ1v) is 9.83. The number of hydrogen-bond donors (Lipinski definition) is 0. The van der Waals surface area contributed by atoms with E-state index in [0.29, 0.717) is 6.61 Å². The number of likely N-dealkylation sites (tertiary alicyclic amines) is 1. The van der Waals surface area contributed by atoms with Gasteiger partial charge in [0.15, 0.2) is 0 Å². The first kappa shape index (κ1) is 16.2. The van der Waals surface area contributed by atoms with E-state index in [-0.39, 0.29) is 11.4 Å². The molecule has 0 saturated carbocycles. The van der Waals surface area contributed by atoms with Crippen molar-refractivity contribution in [2.45, 2.75) is 31.7 Å². The van der Waals surface area contributed by atoms with Crippen LogP contribution in [0.25, 0.3) is 11.3 Å². The zero-order valence-electron chi connectivity index (χ0n) is 14.4. The fourth-order valence-corrected chi connectivity index (χ4v) is 4.75. The summed E-state index contributed by atoms with van der Waals surface area (Å²) in [6.45, 7) is 3.97. The minimum Gasteiger partial charge on any atom is -0.364 e. The lowest BCUT2D eigenvalue weighted by atomic mass is 10.0. The zero-order valence-corrected chi connectivity index (χ0v) is 15.2. The van der Waals surface area contributed by atoms with Gasteiger partial charge in [-0.3, -0.25) is 4.90 Å². The summed E-state index contributed by atoms with van der Waals surface area (Å²) in [5.41, 5.74) is 3.24. The second kappa shape index (κ2) is 6.30. The summed E-state index contributed by atoms with van der Waals surface area (Å²) in [5, 5.41) is 4.26. The maximum atomic E-state index is 13.4. The number of nitrogens with zero attached hydrogens (tertiary/aromatic N) is 3. The van der Waals surface area contributed by atoms with E-state index in [4.69, 9.17) is 4.74 Å². The van der Waals surface area contributed by atoms with Crippen LogP contribution in [0.2, 0.25) is 0 Å². The molecule has 2 aliphatic rings. The number of ether oxygens (including phenoxy) is 1. The number of halogens is 1. The molecule has 1 spiro atoms. The van der Waals surface area contributed by atoms with Crippen molar-refractivity contribution in [3.8, 4) is 11.3 Å². The fraction of sp³-hybridized carbons (Fsp3) is 0.350. The third-order valence-corrected chi connectivity index (χ3v) is 6.08. The topological polar surface area (TPSA) is 30.3 Å². The number of rotatable bonds is 3. The van der Waals surface area contributed by atoms with Crippen molar-refractivity contribution in [2.24, 2.45) is 0 Å². The van der Waals surface area contributed by atoms with Crippen molar-refractivity contribution >= 4 is 11.3 Å². The molecule has 2 aliphatic heterocycles. The molecule has 1 saturated heterocycles. The molecule has 3 aromatic rings. The zero-order chi connectivity index (χ0) is 17.6. The smallest absolute Gasteiger partial charge is 0.135 e.